The highest BCUT2D eigenvalue weighted by molar-refractivity contribution is 7.92. The van der Waals surface area contributed by atoms with Gasteiger partial charge in [-0.25, -0.2) is 8.42 Å². The van der Waals surface area contributed by atoms with Crippen molar-refractivity contribution in [3.63, 3.8) is 0 Å². The molecule has 0 aliphatic carbocycles. The van der Waals surface area contributed by atoms with Crippen molar-refractivity contribution in [1.29, 1.82) is 0 Å². The van der Waals surface area contributed by atoms with Crippen LogP contribution in [0.25, 0.3) is 0 Å². The van der Waals surface area contributed by atoms with Crippen LogP contribution in [0.5, 0.6) is 11.5 Å². The molecule has 0 saturated carbocycles. The summed E-state index contributed by atoms with van der Waals surface area (Å²) in [4.78, 5) is 27.0. The molecule has 0 heterocycles. The molecule has 0 aliphatic rings. The maximum absolute atomic E-state index is 13.4. The minimum atomic E-state index is -3.85. The summed E-state index contributed by atoms with van der Waals surface area (Å²) in [5.74, 6) is -0.226. The molecule has 0 aliphatic heterocycles. The van der Waals surface area contributed by atoms with E-state index in [4.69, 9.17) is 21.1 Å². The van der Waals surface area contributed by atoms with Crippen LogP contribution in [0.3, 0.4) is 0 Å². The maximum atomic E-state index is 13.4. The maximum Gasteiger partial charge on any atom is 0.244 e. The van der Waals surface area contributed by atoms with Crippen LogP contribution >= 0.6 is 11.6 Å². The first-order valence-corrected chi connectivity index (χ1v) is 12.2. The minimum absolute atomic E-state index is 0.0670. The monoisotopic (exact) mass is 497 g/mol. The first-order chi connectivity index (χ1) is 15.5. The molecule has 33 heavy (non-hydrogen) atoms. The Morgan fingerprint density at radius 2 is 1.76 bits per heavy atom. The molecular weight excluding hydrogens is 470 g/mol. The van der Waals surface area contributed by atoms with Gasteiger partial charge in [-0.1, -0.05) is 23.7 Å². The SMILES string of the molecule is CNC(=O)[C@H](C)N(Cc1cccc(Cl)c1)C(=O)CN(c1ccc(OC)c(OC)c1)S(C)(=O)=O. The van der Waals surface area contributed by atoms with Gasteiger partial charge in [0.25, 0.3) is 0 Å². The van der Waals surface area contributed by atoms with E-state index >= 15 is 0 Å². The Morgan fingerprint density at radius 3 is 2.30 bits per heavy atom. The first kappa shape index (κ1) is 26.3. The molecule has 0 spiro atoms. The summed E-state index contributed by atoms with van der Waals surface area (Å²) >= 11 is 6.06. The molecular formula is C22H28ClN3O6S. The van der Waals surface area contributed by atoms with Crippen molar-refractivity contribution in [2.24, 2.45) is 0 Å². The third kappa shape index (κ3) is 6.75. The van der Waals surface area contributed by atoms with Crippen LogP contribution in [0.1, 0.15) is 12.5 Å². The molecule has 0 radical (unpaired) electrons. The quantitative estimate of drug-likeness (QED) is 0.540. The number of likely N-dealkylation sites (N-methyl/N-ethyl adjacent to an activating group) is 1. The van der Waals surface area contributed by atoms with Gasteiger partial charge in [-0.15, -0.1) is 0 Å². The van der Waals surface area contributed by atoms with Gasteiger partial charge in [0.05, 0.1) is 26.2 Å². The van der Waals surface area contributed by atoms with Crippen molar-refractivity contribution < 1.29 is 27.5 Å². The number of nitrogens with zero attached hydrogens (tertiary/aromatic N) is 2. The van der Waals surface area contributed by atoms with E-state index in [0.29, 0.717) is 22.1 Å². The lowest BCUT2D eigenvalue weighted by Crippen LogP contribution is -2.50. The summed E-state index contributed by atoms with van der Waals surface area (Å²) in [6.45, 7) is 1.12. The molecule has 11 heteroatoms. The van der Waals surface area contributed by atoms with Gasteiger partial charge >= 0.3 is 0 Å². The highest BCUT2D eigenvalue weighted by Gasteiger charge is 2.30. The zero-order chi connectivity index (χ0) is 24.8. The lowest BCUT2D eigenvalue weighted by atomic mass is 10.1. The fraction of sp³-hybridized carbons (Fsp3) is 0.364. The van der Waals surface area contributed by atoms with E-state index in [2.05, 4.69) is 5.32 Å². The van der Waals surface area contributed by atoms with Crippen LogP contribution in [-0.2, 0) is 26.2 Å². The number of hydrogen-bond acceptors (Lipinski definition) is 6. The molecule has 2 amide bonds. The van der Waals surface area contributed by atoms with E-state index in [1.54, 1.807) is 37.3 Å². The van der Waals surface area contributed by atoms with E-state index in [0.717, 1.165) is 10.6 Å². The lowest BCUT2D eigenvalue weighted by Gasteiger charge is -2.31. The number of hydrogen-bond donors (Lipinski definition) is 1. The third-order valence-electron chi connectivity index (χ3n) is 4.99. The molecule has 0 unspecified atom stereocenters. The normalized spacial score (nSPS) is 11.9. The van der Waals surface area contributed by atoms with Crippen LogP contribution in [0.4, 0.5) is 5.69 Å². The molecule has 2 aromatic rings. The number of carbonyl (C=O) groups is 2. The molecule has 1 atom stereocenters. The summed E-state index contributed by atoms with van der Waals surface area (Å²) in [7, 11) is 0.499. The summed E-state index contributed by atoms with van der Waals surface area (Å²) in [6.07, 6.45) is 1.00. The number of sulfonamides is 1. The Bertz CT molecular complexity index is 1110. The lowest BCUT2D eigenvalue weighted by molar-refractivity contribution is -0.139. The molecule has 2 aromatic carbocycles. The zero-order valence-corrected chi connectivity index (χ0v) is 20.7. The number of halogens is 1. The zero-order valence-electron chi connectivity index (χ0n) is 19.2. The average Bonchev–Trinajstić information content (AvgIpc) is 2.78. The molecule has 2 rings (SSSR count). The fourth-order valence-corrected chi connectivity index (χ4v) is 4.27. The van der Waals surface area contributed by atoms with E-state index < -0.39 is 28.5 Å². The number of methoxy groups -OCH3 is 2. The van der Waals surface area contributed by atoms with Gasteiger partial charge < -0.3 is 19.7 Å². The highest BCUT2D eigenvalue weighted by atomic mass is 35.5. The number of nitrogens with one attached hydrogen (secondary N) is 1. The number of benzene rings is 2. The Hall–Kier alpha value is -2.98. The molecule has 180 valence electrons. The predicted molar refractivity (Wildman–Crippen MR) is 127 cm³/mol. The molecule has 1 N–H and O–H groups in total. The second-order valence-electron chi connectivity index (χ2n) is 7.25. The van der Waals surface area contributed by atoms with Crippen LogP contribution < -0.4 is 19.1 Å². The summed E-state index contributed by atoms with van der Waals surface area (Å²) in [6, 6.07) is 10.6. The van der Waals surface area contributed by atoms with Crippen LogP contribution in [0, 0.1) is 0 Å². The second-order valence-corrected chi connectivity index (χ2v) is 9.59. The van der Waals surface area contributed by atoms with Gasteiger partial charge in [0, 0.05) is 24.7 Å². The smallest absolute Gasteiger partial charge is 0.244 e. The Balaban J connectivity index is 2.43. The topological polar surface area (TPSA) is 105 Å². The summed E-state index contributed by atoms with van der Waals surface area (Å²) in [5.41, 5.74) is 0.919. The van der Waals surface area contributed by atoms with Gasteiger partial charge in [0.15, 0.2) is 11.5 Å². The second kappa shape index (κ2) is 11.2. The van der Waals surface area contributed by atoms with Crippen molar-refractivity contribution in [3.8, 4) is 11.5 Å². The number of anilines is 1. The number of rotatable bonds is 10. The Labute approximate surface area is 199 Å². The van der Waals surface area contributed by atoms with E-state index in [1.807, 2.05) is 0 Å². The number of carbonyl (C=O) groups excluding carboxylic acids is 2. The van der Waals surface area contributed by atoms with E-state index in [9.17, 15) is 18.0 Å². The number of amides is 2. The molecule has 0 saturated heterocycles. The van der Waals surface area contributed by atoms with Gasteiger partial charge in [-0.05, 0) is 36.8 Å². The van der Waals surface area contributed by atoms with Crippen molar-refractivity contribution in [3.05, 3.63) is 53.1 Å². The van der Waals surface area contributed by atoms with Crippen LogP contribution in [0.15, 0.2) is 42.5 Å². The Kier molecular flexibility index (Phi) is 8.95. The van der Waals surface area contributed by atoms with E-state index in [1.165, 1.54) is 38.3 Å². The van der Waals surface area contributed by atoms with Crippen molar-refractivity contribution >= 4 is 39.1 Å². The first-order valence-electron chi connectivity index (χ1n) is 9.97. The Morgan fingerprint density at radius 1 is 1.09 bits per heavy atom. The largest absolute Gasteiger partial charge is 0.493 e. The third-order valence-corrected chi connectivity index (χ3v) is 6.37. The van der Waals surface area contributed by atoms with Gasteiger partial charge in [0.2, 0.25) is 21.8 Å². The standard InChI is InChI=1S/C22H28ClN3O6S/c1-15(22(28)24-2)25(13-16-7-6-8-17(23)11-16)21(27)14-26(33(5,29)30)18-9-10-19(31-3)20(12-18)32-4/h6-12,15H,13-14H2,1-5H3,(H,24,28)/t15-/m0/s1. The predicted octanol–water partition coefficient (Wildman–Crippen LogP) is 2.29. The summed E-state index contributed by atoms with van der Waals surface area (Å²) < 4.78 is 36.6. The summed E-state index contributed by atoms with van der Waals surface area (Å²) in [5, 5.41) is 3.00. The minimum Gasteiger partial charge on any atom is -0.493 e. The van der Waals surface area contributed by atoms with Crippen LogP contribution in [-0.4, -0.2) is 65.2 Å². The van der Waals surface area contributed by atoms with Gasteiger partial charge in [0.1, 0.15) is 12.6 Å². The van der Waals surface area contributed by atoms with Crippen molar-refractivity contribution in [2.75, 3.05) is 38.4 Å². The molecule has 0 bridgehead atoms. The molecule has 9 nitrogen and oxygen atoms in total. The van der Waals surface area contributed by atoms with Gasteiger partial charge in [-0.2, -0.15) is 0 Å². The highest BCUT2D eigenvalue weighted by Crippen LogP contribution is 2.32. The molecule has 0 aromatic heterocycles. The fourth-order valence-electron chi connectivity index (χ4n) is 3.22. The van der Waals surface area contributed by atoms with Crippen molar-refractivity contribution in [1.82, 2.24) is 10.2 Å². The number of ether oxygens (including phenoxy) is 2. The molecule has 0 fully saturated rings. The van der Waals surface area contributed by atoms with Crippen molar-refractivity contribution in [2.45, 2.75) is 19.5 Å². The van der Waals surface area contributed by atoms with E-state index in [-0.39, 0.29) is 18.1 Å². The average molecular weight is 498 g/mol. The van der Waals surface area contributed by atoms with Gasteiger partial charge in [-0.3, -0.25) is 13.9 Å². The van der Waals surface area contributed by atoms with Crippen LogP contribution in [0.2, 0.25) is 5.02 Å².